The zero-order valence-corrected chi connectivity index (χ0v) is 7.93. The predicted molar refractivity (Wildman–Crippen MR) is 54.3 cm³/mol. The van der Waals surface area contributed by atoms with Crippen molar-refractivity contribution in [1.82, 2.24) is 10.3 Å². The van der Waals surface area contributed by atoms with Gasteiger partial charge in [-0.2, -0.15) is 0 Å². The summed E-state index contributed by atoms with van der Waals surface area (Å²) in [7, 11) is 0. The second-order valence-electron chi connectivity index (χ2n) is 3.70. The maximum atomic E-state index is 13.2. The fraction of sp³-hybridized carbons (Fsp3) is 0.182. The zero-order valence-electron chi connectivity index (χ0n) is 7.93. The molecule has 2 aromatic rings. The molecule has 0 fully saturated rings. The smallest absolute Gasteiger partial charge is 0.252 e. The number of rotatable bonds is 0. The summed E-state index contributed by atoms with van der Waals surface area (Å²) in [5.74, 6) is -0.583. The second kappa shape index (κ2) is 2.82. The molecule has 0 saturated carbocycles. The molecule has 0 spiro atoms. The predicted octanol–water partition coefficient (Wildman–Crippen LogP) is 1.59. The highest BCUT2D eigenvalue weighted by atomic mass is 19.1. The van der Waals surface area contributed by atoms with Crippen molar-refractivity contribution in [3.8, 4) is 0 Å². The van der Waals surface area contributed by atoms with E-state index < -0.39 is 0 Å². The zero-order chi connectivity index (χ0) is 10.4. The second-order valence-corrected chi connectivity index (χ2v) is 3.70. The molecule has 0 saturated heterocycles. The molecule has 15 heavy (non-hydrogen) atoms. The van der Waals surface area contributed by atoms with E-state index in [-0.39, 0.29) is 11.7 Å². The minimum atomic E-state index is -0.386. The molecule has 0 aliphatic carbocycles. The Morgan fingerprint density at radius 3 is 3.07 bits per heavy atom. The number of hydrogen-bond acceptors (Lipinski definition) is 1. The first-order chi connectivity index (χ1) is 7.25. The molecule has 0 atom stereocenters. The Labute approximate surface area is 85.3 Å². The van der Waals surface area contributed by atoms with Crippen molar-refractivity contribution < 1.29 is 9.18 Å². The number of aromatic amines is 1. The highest BCUT2D eigenvalue weighted by molar-refractivity contribution is 6.08. The van der Waals surface area contributed by atoms with Crippen LogP contribution in [0.2, 0.25) is 0 Å². The van der Waals surface area contributed by atoms with Crippen LogP contribution in [0.5, 0.6) is 0 Å². The van der Waals surface area contributed by atoms with E-state index in [2.05, 4.69) is 10.3 Å². The van der Waals surface area contributed by atoms with Crippen LogP contribution in [0.15, 0.2) is 18.3 Å². The molecule has 2 N–H and O–H groups in total. The Balaban J connectivity index is 2.44. The minimum absolute atomic E-state index is 0.196. The number of carbonyl (C=O) groups is 1. The number of aromatic nitrogens is 1. The summed E-state index contributed by atoms with van der Waals surface area (Å²) in [6.07, 6.45) is 2.62. The fourth-order valence-corrected chi connectivity index (χ4v) is 2.09. The molecule has 0 radical (unpaired) electrons. The van der Waals surface area contributed by atoms with Gasteiger partial charge in [0.05, 0.1) is 5.56 Å². The van der Waals surface area contributed by atoms with Gasteiger partial charge in [0, 0.05) is 23.6 Å². The molecule has 1 aliphatic rings. The lowest BCUT2D eigenvalue weighted by atomic mass is 10.1. The van der Waals surface area contributed by atoms with E-state index in [1.807, 2.05) is 6.20 Å². The van der Waals surface area contributed by atoms with Crippen LogP contribution in [0.1, 0.15) is 15.9 Å². The van der Waals surface area contributed by atoms with Crippen LogP contribution in [0.4, 0.5) is 4.39 Å². The topological polar surface area (TPSA) is 44.9 Å². The van der Waals surface area contributed by atoms with Gasteiger partial charge in [-0.3, -0.25) is 4.79 Å². The number of hydrogen-bond donors (Lipinski definition) is 2. The largest absolute Gasteiger partial charge is 0.361 e. The molecule has 1 aromatic heterocycles. The Morgan fingerprint density at radius 1 is 1.33 bits per heavy atom. The first-order valence-corrected chi connectivity index (χ1v) is 4.83. The van der Waals surface area contributed by atoms with Crippen molar-refractivity contribution in [2.24, 2.45) is 0 Å². The highest BCUT2D eigenvalue weighted by Gasteiger charge is 2.18. The number of amides is 1. The van der Waals surface area contributed by atoms with Crippen LogP contribution in [-0.4, -0.2) is 17.4 Å². The molecule has 0 bridgehead atoms. The van der Waals surface area contributed by atoms with Crippen molar-refractivity contribution in [1.29, 1.82) is 0 Å². The number of halogens is 1. The molecule has 3 nitrogen and oxygen atoms in total. The first-order valence-electron chi connectivity index (χ1n) is 4.83. The third kappa shape index (κ3) is 1.14. The molecular weight excluding hydrogens is 195 g/mol. The molecular formula is C11H9FN2O. The standard InChI is InChI=1S/C11H9FN2O/c12-7-3-8-10-6(1-2-13-11(8)15)5-14-9(10)4-7/h3-5,14H,1-2H2,(H,13,15). The number of carbonyl (C=O) groups excluding carboxylic acids is 1. The van der Waals surface area contributed by atoms with Crippen molar-refractivity contribution in [3.05, 3.63) is 35.3 Å². The lowest BCUT2D eigenvalue weighted by Gasteiger charge is -2.01. The molecule has 76 valence electrons. The summed E-state index contributed by atoms with van der Waals surface area (Å²) in [6, 6.07) is 2.71. The lowest BCUT2D eigenvalue weighted by Crippen LogP contribution is -2.23. The quantitative estimate of drug-likeness (QED) is 0.672. The molecule has 1 aromatic carbocycles. The van der Waals surface area contributed by atoms with Gasteiger partial charge in [0.1, 0.15) is 5.82 Å². The van der Waals surface area contributed by atoms with Gasteiger partial charge in [-0.25, -0.2) is 4.39 Å². The normalized spacial score (nSPS) is 15.1. The summed E-state index contributed by atoms with van der Waals surface area (Å²) in [4.78, 5) is 14.6. The molecule has 4 heteroatoms. The highest BCUT2D eigenvalue weighted by Crippen LogP contribution is 2.25. The van der Waals surface area contributed by atoms with Crippen LogP contribution in [-0.2, 0) is 6.42 Å². The summed E-state index contributed by atoms with van der Waals surface area (Å²) in [5, 5.41) is 3.60. The number of H-pyrrole nitrogens is 1. The van der Waals surface area contributed by atoms with Gasteiger partial charge >= 0.3 is 0 Å². The van der Waals surface area contributed by atoms with Gasteiger partial charge in [0.15, 0.2) is 0 Å². The van der Waals surface area contributed by atoms with Gasteiger partial charge in [-0.1, -0.05) is 0 Å². The van der Waals surface area contributed by atoms with Gasteiger partial charge in [0.25, 0.3) is 5.91 Å². The van der Waals surface area contributed by atoms with E-state index in [0.29, 0.717) is 17.6 Å². The van der Waals surface area contributed by atoms with E-state index >= 15 is 0 Å². The van der Waals surface area contributed by atoms with Crippen molar-refractivity contribution in [3.63, 3.8) is 0 Å². The minimum Gasteiger partial charge on any atom is -0.361 e. The monoisotopic (exact) mass is 204 g/mol. The van der Waals surface area contributed by atoms with E-state index in [0.717, 1.165) is 17.4 Å². The first kappa shape index (κ1) is 8.47. The Hall–Kier alpha value is -1.84. The van der Waals surface area contributed by atoms with E-state index in [1.165, 1.54) is 12.1 Å². The van der Waals surface area contributed by atoms with Crippen LogP contribution >= 0.6 is 0 Å². The Bertz CT molecular complexity index is 559. The summed E-state index contributed by atoms with van der Waals surface area (Å²) in [5.41, 5.74) is 2.19. The van der Waals surface area contributed by atoms with Gasteiger partial charge in [-0.15, -0.1) is 0 Å². The van der Waals surface area contributed by atoms with Crippen LogP contribution in [0.25, 0.3) is 10.9 Å². The van der Waals surface area contributed by atoms with E-state index in [9.17, 15) is 9.18 Å². The van der Waals surface area contributed by atoms with E-state index in [4.69, 9.17) is 0 Å². The van der Waals surface area contributed by atoms with E-state index in [1.54, 1.807) is 0 Å². The van der Waals surface area contributed by atoms with Crippen molar-refractivity contribution in [2.75, 3.05) is 6.54 Å². The lowest BCUT2D eigenvalue weighted by molar-refractivity contribution is 0.0957. The number of benzene rings is 1. The average molecular weight is 204 g/mol. The summed E-state index contributed by atoms with van der Waals surface area (Å²) >= 11 is 0. The summed E-state index contributed by atoms with van der Waals surface area (Å²) < 4.78 is 13.2. The molecule has 2 heterocycles. The number of nitrogens with one attached hydrogen (secondary N) is 2. The average Bonchev–Trinajstić information content (AvgIpc) is 2.52. The fourth-order valence-electron chi connectivity index (χ4n) is 2.09. The summed E-state index contributed by atoms with van der Waals surface area (Å²) in [6.45, 7) is 0.599. The SMILES string of the molecule is O=C1NCCc2c[nH]c3cc(F)cc1c23. The van der Waals surface area contributed by atoms with Gasteiger partial charge in [-0.05, 0) is 24.1 Å². The Kier molecular flexibility index (Phi) is 1.59. The van der Waals surface area contributed by atoms with Gasteiger partial charge in [0.2, 0.25) is 0 Å². The van der Waals surface area contributed by atoms with Crippen LogP contribution in [0, 0.1) is 5.82 Å². The molecule has 0 unspecified atom stereocenters. The third-order valence-electron chi connectivity index (χ3n) is 2.75. The third-order valence-corrected chi connectivity index (χ3v) is 2.75. The maximum absolute atomic E-state index is 13.2. The Morgan fingerprint density at radius 2 is 2.20 bits per heavy atom. The van der Waals surface area contributed by atoms with Crippen LogP contribution in [0.3, 0.4) is 0 Å². The molecule has 1 amide bonds. The molecule has 3 rings (SSSR count). The maximum Gasteiger partial charge on any atom is 0.252 e. The van der Waals surface area contributed by atoms with Gasteiger partial charge < -0.3 is 10.3 Å². The van der Waals surface area contributed by atoms with Crippen molar-refractivity contribution in [2.45, 2.75) is 6.42 Å². The van der Waals surface area contributed by atoms with Crippen LogP contribution < -0.4 is 5.32 Å². The molecule has 1 aliphatic heterocycles. The van der Waals surface area contributed by atoms with Crippen molar-refractivity contribution >= 4 is 16.8 Å².